The van der Waals surface area contributed by atoms with Gasteiger partial charge in [-0.25, -0.2) is 0 Å². The van der Waals surface area contributed by atoms with Crippen molar-refractivity contribution in [1.82, 2.24) is 10.2 Å². The third kappa shape index (κ3) is 6.75. The van der Waals surface area contributed by atoms with E-state index in [1.807, 2.05) is 0 Å². The lowest BCUT2D eigenvalue weighted by molar-refractivity contribution is 0.160. The van der Waals surface area contributed by atoms with E-state index in [-0.39, 0.29) is 5.54 Å². The molecule has 0 aromatic rings. The Labute approximate surface area is 115 Å². The molecule has 0 aromatic heterocycles. The van der Waals surface area contributed by atoms with Crippen molar-refractivity contribution in [2.45, 2.75) is 84.2 Å². The molecule has 0 spiro atoms. The maximum atomic E-state index is 3.57. The molecule has 18 heavy (non-hydrogen) atoms. The average molecular weight is 254 g/mol. The minimum atomic E-state index is 0.272. The van der Waals surface area contributed by atoms with Crippen molar-refractivity contribution in [2.24, 2.45) is 0 Å². The lowest BCUT2D eigenvalue weighted by Crippen LogP contribution is -2.38. The van der Waals surface area contributed by atoms with Gasteiger partial charge in [-0.05, 0) is 66.1 Å². The van der Waals surface area contributed by atoms with Gasteiger partial charge in [-0.3, -0.25) is 0 Å². The van der Waals surface area contributed by atoms with Gasteiger partial charge in [0.15, 0.2) is 0 Å². The van der Waals surface area contributed by atoms with Crippen LogP contribution < -0.4 is 5.32 Å². The topological polar surface area (TPSA) is 15.3 Å². The Morgan fingerprint density at radius 1 is 1.06 bits per heavy atom. The molecule has 0 saturated heterocycles. The van der Waals surface area contributed by atoms with Gasteiger partial charge in [-0.2, -0.15) is 0 Å². The van der Waals surface area contributed by atoms with Gasteiger partial charge in [0.2, 0.25) is 0 Å². The summed E-state index contributed by atoms with van der Waals surface area (Å²) in [5.74, 6) is 0. The van der Waals surface area contributed by atoms with Crippen molar-refractivity contribution in [2.75, 3.05) is 19.6 Å². The standard InChI is InChI=1S/C16H34N2/c1-5-18(15-11-7-6-8-12-15)14-10-9-13-17-16(2,3)4/h15,17H,5-14H2,1-4H3. The zero-order valence-corrected chi connectivity index (χ0v) is 13.1. The number of unbranched alkanes of at least 4 members (excludes halogenated alkanes) is 1. The van der Waals surface area contributed by atoms with E-state index < -0.39 is 0 Å². The van der Waals surface area contributed by atoms with Crippen molar-refractivity contribution in [3.8, 4) is 0 Å². The summed E-state index contributed by atoms with van der Waals surface area (Å²) in [5, 5.41) is 3.57. The van der Waals surface area contributed by atoms with Crippen LogP contribution in [-0.4, -0.2) is 36.1 Å². The third-order valence-electron chi connectivity index (χ3n) is 4.02. The summed E-state index contributed by atoms with van der Waals surface area (Å²) in [4.78, 5) is 2.72. The van der Waals surface area contributed by atoms with Crippen LogP contribution in [0.5, 0.6) is 0 Å². The largest absolute Gasteiger partial charge is 0.312 e. The molecule has 1 aliphatic rings. The van der Waals surface area contributed by atoms with E-state index in [2.05, 4.69) is 37.9 Å². The van der Waals surface area contributed by atoms with Crippen LogP contribution in [-0.2, 0) is 0 Å². The highest BCUT2D eigenvalue weighted by Gasteiger charge is 2.19. The molecule has 0 amide bonds. The summed E-state index contributed by atoms with van der Waals surface area (Å²) in [7, 11) is 0. The van der Waals surface area contributed by atoms with Gasteiger partial charge in [0.05, 0.1) is 0 Å². The molecule has 1 rings (SSSR count). The molecule has 1 aliphatic carbocycles. The van der Waals surface area contributed by atoms with Crippen LogP contribution >= 0.6 is 0 Å². The molecule has 1 N–H and O–H groups in total. The van der Waals surface area contributed by atoms with Crippen LogP contribution in [0, 0.1) is 0 Å². The van der Waals surface area contributed by atoms with Crippen molar-refractivity contribution in [1.29, 1.82) is 0 Å². The Balaban J connectivity index is 2.11. The Bertz CT molecular complexity index is 202. The van der Waals surface area contributed by atoms with Crippen LogP contribution in [0.1, 0.15) is 72.6 Å². The predicted molar refractivity (Wildman–Crippen MR) is 81.1 cm³/mol. The minimum Gasteiger partial charge on any atom is -0.312 e. The maximum absolute atomic E-state index is 3.57. The quantitative estimate of drug-likeness (QED) is 0.695. The second-order valence-electron chi connectivity index (χ2n) is 6.80. The Morgan fingerprint density at radius 2 is 1.72 bits per heavy atom. The lowest BCUT2D eigenvalue weighted by Gasteiger charge is -2.33. The first-order chi connectivity index (χ1) is 8.53. The van der Waals surface area contributed by atoms with Crippen LogP contribution in [0.3, 0.4) is 0 Å². The van der Waals surface area contributed by atoms with E-state index in [0.717, 1.165) is 12.6 Å². The van der Waals surface area contributed by atoms with Crippen LogP contribution in [0.15, 0.2) is 0 Å². The number of nitrogens with zero attached hydrogens (tertiary/aromatic N) is 1. The zero-order valence-electron chi connectivity index (χ0n) is 13.1. The molecule has 0 atom stereocenters. The summed E-state index contributed by atoms with van der Waals surface area (Å²) < 4.78 is 0. The summed E-state index contributed by atoms with van der Waals surface area (Å²) >= 11 is 0. The fraction of sp³-hybridized carbons (Fsp3) is 1.00. The molecule has 0 aliphatic heterocycles. The third-order valence-corrected chi connectivity index (χ3v) is 4.02. The fourth-order valence-electron chi connectivity index (χ4n) is 2.95. The van der Waals surface area contributed by atoms with Crippen molar-refractivity contribution < 1.29 is 0 Å². The zero-order chi connectivity index (χ0) is 13.4. The Hall–Kier alpha value is -0.0800. The second-order valence-corrected chi connectivity index (χ2v) is 6.80. The van der Waals surface area contributed by atoms with E-state index in [1.54, 1.807) is 0 Å². The molecular weight excluding hydrogens is 220 g/mol. The molecular formula is C16H34N2. The minimum absolute atomic E-state index is 0.272. The number of hydrogen-bond acceptors (Lipinski definition) is 2. The Kier molecular flexibility index (Phi) is 7.25. The van der Waals surface area contributed by atoms with E-state index in [4.69, 9.17) is 0 Å². The second kappa shape index (κ2) is 8.16. The molecule has 2 nitrogen and oxygen atoms in total. The van der Waals surface area contributed by atoms with Crippen molar-refractivity contribution in [3.05, 3.63) is 0 Å². The van der Waals surface area contributed by atoms with Crippen LogP contribution in [0.25, 0.3) is 0 Å². The first-order valence-electron chi connectivity index (χ1n) is 8.02. The molecule has 1 saturated carbocycles. The molecule has 0 radical (unpaired) electrons. The van der Waals surface area contributed by atoms with E-state index in [0.29, 0.717) is 0 Å². The van der Waals surface area contributed by atoms with Gasteiger partial charge in [-0.1, -0.05) is 26.2 Å². The molecule has 1 fully saturated rings. The molecule has 2 heteroatoms. The SMILES string of the molecule is CCN(CCCCNC(C)(C)C)C1CCCCC1. The van der Waals surface area contributed by atoms with E-state index in [9.17, 15) is 0 Å². The summed E-state index contributed by atoms with van der Waals surface area (Å²) in [6.45, 7) is 12.7. The average Bonchev–Trinajstić information content (AvgIpc) is 2.33. The van der Waals surface area contributed by atoms with Gasteiger partial charge in [-0.15, -0.1) is 0 Å². The van der Waals surface area contributed by atoms with Gasteiger partial charge in [0.1, 0.15) is 0 Å². The molecule has 0 heterocycles. The normalized spacial score (nSPS) is 18.5. The van der Waals surface area contributed by atoms with Crippen LogP contribution in [0.2, 0.25) is 0 Å². The highest BCUT2D eigenvalue weighted by Crippen LogP contribution is 2.22. The van der Waals surface area contributed by atoms with E-state index >= 15 is 0 Å². The molecule has 0 bridgehead atoms. The summed E-state index contributed by atoms with van der Waals surface area (Å²) in [5.41, 5.74) is 0.272. The highest BCUT2D eigenvalue weighted by molar-refractivity contribution is 4.75. The fourth-order valence-corrected chi connectivity index (χ4v) is 2.95. The maximum Gasteiger partial charge on any atom is 0.00965 e. The molecule has 0 unspecified atom stereocenters. The summed E-state index contributed by atoms with van der Waals surface area (Å²) in [6, 6.07) is 0.888. The van der Waals surface area contributed by atoms with Crippen LogP contribution in [0.4, 0.5) is 0 Å². The van der Waals surface area contributed by atoms with Gasteiger partial charge >= 0.3 is 0 Å². The van der Waals surface area contributed by atoms with Gasteiger partial charge in [0, 0.05) is 11.6 Å². The first-order valence-corrected chi connectivity index (χ1v) is 8.02. The number of nitrogens with one attached hydrogen (secondary N) is 1. The highest BCUT2D eigenvalue weighted by atomic mass is 15.1. The monoisotopic (exact) mass is 254 g/mol. The van der Waals surface area contributed by atoms with Gasteiger partial charge in [0.25, 0.3) is 0 Å². The smallest absolute Gasteiger partial charge is 0.00965 e. The summed E-state index contributed by atoms with van der Waals surface area (Å²) in [6.07, 6.45) is 9.89. The lowest BCUT2D eigenvalue weighted by atomic mass is 9.94. The number of rotatable bonds is 7. The molecule has 0 aromatic carbocycles. The first kappa shape index (κ1) is 16.0. The van der Waals surface area contributed by atoms with Gasteiger partial charge < -0.3 is 10.2 Å². The van der Waals surface area contributed by atoms with Crippen molar-refractivity contribution in [3.63, 3.8) is 0 Å². The van der Waals surface area contributed by atoms with E-state index in [1.165, 1.54) is 58.0 Å². The molecule has 108 valence electrons. The Morgan fingerprint density at radius 3 is 2.28 bits per heavy atom. The van der Waals surface area contributed by atoms with Crippen molar-refractivity contribution >= 4 is 0 Å². The predicted octanol–water partition coefficient (Wildman–Crippen LogP) is 3.81. The number of hydrogen-bond donors (Lipinski definition) is 1.